The molecule has 0 bridgehead atoms. The Morgan fingerprint density at radius 1 is 1.04 bits per heavy atom. The summed E-state index contributed by atoms with van der Waals surface area (Å²) in [6.45, 7) is 8.02. The molecule has 146 valence electrons. The first kappa shape index (κ1) is 19.0. The highest BCUT2D eigenvalue weighted by molar-refractivity contribution is 6.31. The number of aromatic nitrogens is 1. The third-order valence-electron chi connectivity index (χ3n) is 5.45. The number of ether oxygens (including phenoxy) is 1. The lowest BCUT2D eigenvalue weighted by Crippen LogP contribution is -2.44. The highest BCUT2D eigenvalue weighted by atomic mass is 35.5. The van der Waals surface area contributed by atoms with Crippen LogP contribution in [0.25, 0.3) is 22.0 Å². The molecular weight excluding hydrogens is 372 g/mol. The van der Waals surface area contributed by atoms with E-state index in [4.69, 9.17) is 16.3 Å². The van der Waals surface area contributed by atoms with Gasteiger partial charge in [-0.15, -0.1) is 0 Å². The molecule has 2 heterocycles. The zero-order chi connectivity index (χ0) is 19.9. The van der Waals surface area contributed by atoms with Gasteiger partial charge >= 0.3 is 0 Å². The summed E-state index contributed by atoms with van der Waals surface area (Å²) in [6.07, 6.45) is 1.78. The Balaban J connectivity index is 1.98. The van der Waals surface area contributed by atoms with E-state index in [2.05, 4.69) is 23.3 Å². The van der Waals surface area contributed by atoms with Crippen molar-refractivity contribution < 1.29 is 4.74 Å². The number of halogens is 1. The molecule has 3 aromatic rings. The minimum Gasteiger partial charge on any atom is -0.486 e. The third kappa shape index (κ3) is 3.67. The molecule has 1 saturated heterocycles. The van der Waals surface area contributed by atoms with E-state index < -0.39 is 0 Å². The Hall–Kier alpha value is -2.30. The van der Waals surface area contributed by atoms with Gasteiger partial charge in [-0.1, -0.05) is 40.9 Å². The predicted octanol–water partition coefficient (Wildman–Crippen LogP) is 4.99. The molecule has 1 fully saturated rings. The van der Waals surface area contributed by atoms with Crippen LogP contribution in [0.5, 0.6) is 5.75 Å². The first-order valence-corrected chi connectivity index (χ1v) is 10.1. The molecule has 1 aromatic heterocycles. The van der Waals surface area contributed by atoms with E-state index in [9.17, 15) is 4.79 Å². The maximum atomic E-state index is 13.1. The summed E-state index contributed by atoms with van der Waals surface area (Å²) in [5.41, 5.74) is 3.91. The topological polar surface area (TPSA) is 54.1 Å². The van der Waals surface area contributed by atoms with E-state index in [0.717, 1.165) is 48.0 Å². The molecule has 2 aromatic carbocycles. The van der Waals surface area contributed by atoms with Gasteiger partial charge in [-0.3, -0.25) is 4.79 Å². The predicted molar refractivity (Wildman–Crippen MR) is 116 cm³/mol. The fourth-order valence-corrected chi connectivity index (χ4v) is 4.20. The zero-order valence-corrected chi connectivity index (χ0v) is 17.2. The molecule has 0 aliphatic carbocycles. The molecule has 1 aliphatic heterocycles. The fourth-order valence-electron chi connectivity index (χ4n) is 4.03. The molecule has 1 aliphatic rings. The lowest BCUT2D eigenvalue weighted by atomic mass is 9.93. The molecule has 4 nitrogen and oxygen atoms in total. The number of aromatic amines is 1. The second-order valence-corrected chi connectivity index (χ2v) is 8.46. The quantitative estimate of drug-likeness (QED) is 0.656. The molecular formula is C23H25ClN2O2. The van der Waals surface area contributed by atoms with Crippen LogP contribution in [0.3, 0.4) is 0 Å². The number of benzene rings is 2. The Morgan fingerprint density at radius 2 is 1.71 bits per heavy atom. The number of H-pyrrole nitrogens is 1. The van der Waals surface area contributed by atoms with Crippen molar-refractivity contribution >= 4 is 22.5 Å². The van der Waals surface area contributed by atoms with E-state index in [-0.39, 0.29) is 11.2 Å². The number of aryl methyl sites for hydroxylation is 2. The Bertz CT molecular complexity index is 1080. The van der Waals surface area contributed by atoms with Gasteiger partial charge in [0.05, 0.1) is 11.1 Å². The number of rotatable bonds is 3. The summed E-state index contributed by atoms with van der Waals surface area (Å²) < 4.78 is 6.64. The van der Waals surface area contributed by atoms with Gasteiger partial charge < -0.3 is 15.0 Å². The van der Waals surface area contributed by atoms with E-state index in [0.29, 0.717) is 21.9 Å². The maximum absolute atomic E-state index is 13.1. The van der Waals surface area contributed by atoms with Crippen molar-refractivity contribution in [1.29, 1.82) is 0 Å². The number of nitrogens with one attached hydrogen (secondary N) is 2. The molecule has 0 radical (unpaired) electrons. The molecule has 2 N–H and O–H groups in total. The fraction of sp³-hybridized carbons (Fsp3) is 0.348. The number of hydrogen-bond donors (Lipinski definition) is 2. The van der Waals surface area contributed by atoms with Crippen LogP contribution < -0.4 is 15.6 Å². The number of fused-ring (bicyclic) bond motifs is 1. The molecule has 28 heavy (non-hydrogen) atoms. The first-order chi connectivity index (χ1) is 13.3. The monoisotopic (exact) mass is 396 g/mol. The van der Waals surface area contributed by atoms with Crippen molar-refractivity contribution in [2.24, 2.45) is 0 Å². The van der Waals surface area contributed by atoms with Gasteiger partial charge in [0.1, 0.15) is 11.4 Å². The molecule has 0 saturated carbocycles. The molecule has 0 amide bonds. The minimum absolute atomic E-state index is 0.160. The molecule has 4 rings (SSSR count). The second-order valence-electron chi connectivity index (χ2n) is 8.03. The van der Waals surface area contributed by atoms with E-state index in [1.54, 1.807) is 6.07 Å². The average Bonchev–Trinajstić information content (AvgIpc) is 2.60. The molecule has 0 spiro atoms. The standard InChI is InChI=1S/C23H25ClN2O2/c1-14-10-15(2)12-16(11-14)20-21(28-23(3)6-8-25-9-7-23)18-5-4-17(24)13-19(18)26-22(20)27/h4-5,10-13,25H,6-9H2,1-3H3,(H,26,27). The van der Waals surface area contributed by atoms with Crippen molar-refractivity contribution in [3.8, 4) is 16.9 Å². The molecule has 0 unspecified atom stereocenters. The van der Waals surface area contributed by atoms with Gasteiger partial charge in [-0.2, -0.15) is 0 Å². The summed E-state index contributed by atoms with van der Waals surface area (Å²) in [4.78, 5) is 16.1. The van der Waals surface area contributed by atoms with E-state index >= 15 is 0 Å². The highest BCUT2D eigenvalue weighted by Gasteiger charge is 2.31. The van der Waals surface area contributed by atoms with Crippen LogP contribution in [-0.2, 0) is 0 Å². The smallest absolute Gasteiger partial charge is 0.260 e. The van der Waals surface area contributed by atoms with Crippen molar-refractivity contribution in [3.63, 3.8) is 0 Å². The van der Waals surface area contributed by atoms with E-state index in [1.165, 1.54) is 0 Å². The highest BCUT2D eigenvalue weighted by Crippen LogP contribution is 2.38. The van der Waals surface area contributed by atoms with Crippen molar-refractivity contribution in [1.82, 2.24) is 10.3 Å². The molecule has 0 atom stereocenters. The van der Waals surface area contributed by atoms with Crippen LogP contribution >= 0.6 is 11.6 Å². The largest absolute Gasteiger partial charge is 0.486 e. The van der Waals surface area contributed by atoms with Crippen LogP contribution in [-0.4, -0.2) is 23.7 Å². The number of hydrogen-bond acceptors (Lipinski definition) is 3. The van der Waals surface area contributed by atoms with Gasteiger partial charge in [-0.05, 0) is 70.5 Å². The van der Waals surface area contributed by atoms with Crippen molar-refractivity contribution in [3.05, 3.63) is 62.9 Å². The van der Waals surface area contributed by atoms with Crippen LogP contribution in [0.15, 0.2) is 41.2 Å². The number of pyridine rings is 1. The summed E-state index contributed by atoms with van der Waals surface area (Å²) in [5, 5.41) is 4.84. The normalized spacial score (nSPS) is 16.3. The maximum Gasteiger partial charge on any atom is 0.260 e. The Labute approximate surface area is 169 Å². The van der Waals surface area contributed by atoms with Gasteiger partial charge in [0.15, 0.2) is 0 Å². The average molecular weight is 397 g/mol. The SMILES string of the molecule is Cc1cc(C)cc(-c2c(OC3(C)CCNCC3)c3ccc(Cl)cc3[nH]c2=O)c1. The van der Waals surface area contributed by atoms with Gasteiger partial charge in [0.2, 0.25) is 0 Å². The third-order valence-corrected chi connectivity index (χ3v) is 5.68. The van der Waals surface area contributed by atoms with Gasteiger partial charge in [0.25, 0.3) is 5.56 Å². The van der Waals surface area contributed by atoms with Crippen molar-refractivity contribution in [2.75, 3.05) is 13.1 Å². The van der Waals surface area contributed by atoms with Crippen LogP contribution in [0.4, 0.5) is 0 Å². The Kier molecular flexibility index (Phi) is 4.94. The summed E-state index contributed by atoms with van der Waals surface area (Å²) in [6, 6.07) is 11.7. The number of piperidine rings is 1. The first-order valence-electron chi connectivity index (χ1n) is 9.69. The van der Waals surface area contributed by atoms with Crippen LogP contribution in [0.1, 0.15) is 30.9 Å². The van der Waals surface area contributed by atoms with Gasteiger partial charge in [-0.25, -0.2) is 0 Å². The second kappa shape index (κ2) is 7.26. The zero-order valence-electron chi connectivity index (χ0n) is 16.5. The Morgan fingerprint density at radius 3 is 2.39 bits per heavy atom. The lowest BCUT2D eigenvalue weighted by Gasteiger charge is -2.35. The minimum atomic E-state index is -0.320. The molecule has 5 heteroatoms. The lowest BCUT2D eigenvalue weighted by molar-refractivity contribution is 0.0577. The summed E-state index contributed by atoms with van der Waals surface area (Å²) >= 11 is 6.17. The van der Waals surface area contributed by atoms with Gasteiger partial charge in [0, 0.05) is 10.4 Å². The van der Waals surface area contributed by atoms with Crippen molar-refractivity contribution in [2.45, 2.75) is 39.2 Å². The summed E-state index contributed by atoms with van der Waals surface area (Å²) in [7, 11) is 0. The van der Waals surface area contributed by atoms with E-state index in [1.807, 2.05) is 38.1 Å². The van der Waals surface area contributed by atoms with Crippen LogP contribution in [0.2, 0.25) is 5.02 Å². The van der Waals surface area contributed by atoms with Crippen LogP contribution in [0, 0.1) is 13.8 Å². The summed E-state index contributed by atoms with van der Waals surface area (Å²) in [5.74, 6) is 0.643.